The van der Waals surface area contributed by atoms with Crippen LogP contribution >= 0.6 is 0 Å². The summed E-state index contributed by atoms with van der Waals surface area (Å²) in [6, 6.07) is 13.6. The van der Waals surface area contributed by atoms with Crippen LogP contribution in [0.1, 0.15) is 42.7 Å². The Balaban J connectivity index is 1.91. The Kier molecular flexibility index (Phi) is 7.88. The van der Waals surface area contributed by atoms with E-state index < -0.39 is 36.2 Å². The van der Waals surface area contributed by atoms with E-state index in [-0.39, 0.29) is 17.5 Å². The zero-order valence-corrected chi connectivity index (χ0v) is 16.6. The molecular formula is C22H25FN2O4. The van der Waals surface area contributed by atoms with Crippen LogP contribution in [0.25, 0.3) is 0 Å². The number of rotatable bonds is 8. The quantitative estimate of drug-likeness (QED) is 0.667. The van der Waals surface area contributed by atoms with Gasteiger partial charge in [0.05, 0.1) is 11.6 Å². The first kappa shape index (κ1) is 22.1. The maximum absolute atomic E-state index is 13.8. The van der Waals surface area contributed by atoms with Gasteiger partial charge in [0.15, 0.2) is 6.61 Å². The van der Waals surface area contributed by atoms with Crippen LogP contribution in [-0.2, 0) is 14.3 Å². The fourth-order valence-electron chi connectivity index (χ4n) is 2.70. The van der Waals surface area contributed by atoms with E-state index in [0.717, 1.165) is 11.6 Å². The van der Waals surface area contributed by atoms with Crippen LogP contribution in [0.15, 0.2) is 54.6 Å². The van der Waals surface area contributed by atoms with E-state index in [1.54, 1.807) is 13.8 Å². The summed E-state index contributed by atoms with van der Waals surface area (Å²) < 4.78 is 18.8. The van der Waals surface area contributed by atoms with E-state index in [2.05, 4.69) is 10.6 Å². The molecule has 2 atom stereocenters. The van der Waals surface area contributed by atoms with Gasteiger partial charge in [0.2, 0.25) is 0 Å². The lowest BCUT2D eigenvalue weighted by atomic mass is 10.0. The third-order valence-electron chi connectivity index (χ3n) is 4.35. The molecular weight excluding hydrogens is 375 g/mol. The molecule has 0 saturated heterocycles. The predicted octanol–water partition coefficient (Wildman–Crippen LogP) is 3.00. The molecule has 0 aliphatic carbocycles. The third kappa shape index (κ3) is 6.41. The Morgan fingerprint density at radius 2 is 1.55 bits per heavy atom. The van der Waals surface area contributed by atoms with Gasteiger partial charge in [-0.05, 0) is 30.5 Å². The van der Waals surface area contributed by atoms with Crippen molar-refractivity contribution in [1.29, 1.82) is 0 Å². The van der Waals surface area contributed by atoms with Gasteiger partial charge in [0, 0.05) is 0 Å². The van der Waals surface area contributed by atoms with Crippen molar-refractivity contribution in [3.63, 3.8) is 0 Å². The molecule has 0 saturated carbocycles. The lowest BCUT2D eigenvalue weighted by molar-refractivity contribution is -0.151. The second-order valence-electron chi connectivity index (χ2n) is 6.98. The zero-order valence-electron chi connectivity index (χ0n) is 16.6. The number of carbonyl (C=O) groups excluding carboxylic acids is 3. The normalized spacial score (nSPS) is 12.7. The van der Waals surface area contributed by atoms with Crippen molar-refractivity contribution in [3.05, 3.63) is 71.5 Å². The van der Waals surface area contributed by atoms with E-state index >= 15 is 0 Å². The van der Waals surface area contributed by atoms with Gasteiger partial charge in [-0.15, -0.1) is 0 Å². The van der Waals surface area contributed by atoms with Gasteiger partial charge >= 0.3 is 5.97 Å². The van der Waals surface area contributed by atoms with Gasteiger partial charge in [-0.2, -0.15) is 0 Å². The Morgan fingerprint density at radius 3 is 2.17 bits per heavy atom. The average Bonchev–Trinajstić information content (AvgIpc) is 2.70. The summed E-state index contributed by atoms with van der Waals surface area (Å²) in [6.07, 6.45) is 0. The number of amides is 2. The molecule has 154 valence electrons. The number of carbonyl (C=O) groups is 3. The molecule has 29 heavy (non-hydrogen) atoms. The molecule has 0 heterocycles. The largest absolute Gasteiger partial charge is 0.454 e. The number of nitrogens with one attached hydrogen (secondary N) is 2. The number of hydrogen-bond donors (Lipinski definition) is 2. The minimum absolute atomic E-state index is 0.166. The fraction of sp³-hybridized carbons (Fsp3) is 0.318. The van der Waals surface area contributed by atoms with E-state index in [1.165, 1.54) is 18.2 Å². The van der Waals surface area contributed by atoms with Crippen LogP contribution < -0.4 is 10.6 Å². The molecule has 0 radical (unpaired) electrons. The summed E-state index contributed by atoms with van der Waals surface area (Å²) in [5.74, 6) is -2.94. The molecule has 2 aromatic rings. The molecule has 0 spiro atoms. The second kappa shape index (κ2) is 10.4. The van der Waals surface area contributed by atoms with Crippen molar-refractivity contribution < 1.29 is 23.5 Å². The number of ether oxygens (including phenoxy) is 1. The van der Waals surface area contributed by atoms with Gasteiger partial charge in [0.1, 0.15) is 11.9 Å². The van der Waals surface area contributed by atoms with E-state index in [1.807, 2.05) is 37.3 Å². The lowest BCUT2D eigenvalue weighted by Crippen LogP contribution is -2.46. The van der Waals surface area contributed by atoms with Crippen molar-refractivity contribution >= 4 is 17.8 Å². The van der Waals surface area contributed by atoms with Crippen molar-refractivity contribution in [2.24, 2.45) is 5.92 Å². The summed E-state index contributed by atoms with van der Waals surface area (Å²) in [5, 5.41) is 5.22. The smallest absolute Gasteiger partial charge is 0.329 e. The summed E-state index contributed by atoms with van der Waals surface area (Å²) in [4.78, 5) is 36.8. The van der Waals surface area contributed by atoms with Crippen molar-refractivity contribution in [2.75, 3.05) is 6.61 Å². The fourth-order valence-corrected chi connectivity index (χ4v) is 2.70. The van der Waals surface area contributed by atoms with E-state index in [4.69, 9.17) is 4.74 Å². The molecule has 0 aromatic heterocycles. The number of benzene rings is 2. The molecule has 0 aliphatic rings. The standard InChI is InChI=1S/C22H25FN2O4/c1-14(2)20(25-21(27)17-11-7-8-12-18(17)23)22(28)29-13-19(26)24-15(3)16-9-5-4-6-10-16/h4-12,14-15,20H,13H2,1-3H3,(H,24,26)(H,25,27)/t15-,20+/m1/s1. The minimum Gasteiger partial charge on any atom is -0.454 e. The summed E-state index contributed by atoms with van der Waals surface area (Å²) >= 11 is 0. The van der Waals surface area contributed by atoms with Crippen LogP contribution in [0.2, 0.25) is 0 Å². The average molecular weight is 400 g/mol. The number of hydrogen-bond acceptors (Lipinski definition) is 4. The van der Waals surface area contributed by atoms with Crippen LogP contribution in [0.3, 0.4) is 0 Å². The van der Waals surface area contributed by atoms with Crippen LogP contribution in [0.5, 0.6) is 0 Å². The van der Waals surface area contributed by atoms with Gasteiger partial charge < -0.3 is 15.4 Å². The summed E-state index contributed by atoms with van der Waals surface area (Å²) in [5.41, 5.74) is 0.754. The third-order valence-corrected chi connectivity index (χ3v) is 4.35. The predicted molar refractivity (Wildman–Crippen MR) is 106 cm³/mol. The van der Waals surface area contributed by atoms with Crippen LogP contribution in [0.4, 0.5) is 4.39 Å². The molecule has 6 nitrogen and oxygen atoms in total. The first-order chi connectivity index (χ1) is 13.8. The molecule has 7 heteroatoms. The van der Waals surface area contributed by atoms with Crippen LogP contribution in [-0.4, -0.2) is 30.4 Å². The molecule has 2 amide bonds. The number of halogens is 1. The van der Waals surface area contributed by atoms with Crippen molar-refractivity contribution in [2.45, 2.75) is 32.9 Å². The number of esters is 1. The minimum atomic E-state index is -1.01. The Morgan fingerprint density at radius 1 is 0.931 bits per heavy atom. The molecule has 0 fully saturated rings. The highest BCUT2D eigenvalue weighted by Crippen LogP contribution is 2.12. The van der Waals surface area contributed by atoms with E-state index in [9.17, 15) is 18.8 Å². The monoisotopic (exact) mass is 400 g/mol. The summed E-state index contributed by atoms with van der Waals surface area (Å²) in [7, 11) is 0. The van der Waals surface area contributed by atoms with Gasteiger partial charge in [-0.3, -0.25) is 9.59 Å². The Labute approximate surface area is 169 Å². The molecule has 0 unspecified atom stereocenters. The first-order valence-electron chi connectivity index (χ1n) is 9.36. The zero-order chi connectivity index (χ0) is 21.4. The highest BCUT2D eigenvalue weighted by atomic mass is 19.1. The lowest BCUT2D eigenvalue weighted by Gasteiger charge is -2.21. The SMILES string of the molecule is CC(C)[C@H](NC(=O)c1ccccc1F)C(=O)OCC(=O)N[C@H](C)c1ccccc1. The van der Waals surface area contributed by atoms with Crippen molar-refractivity contribution in [3.8, 4) is 0 Å². The highest BCUT2D eigenvalue weighted by Gasteiger charge is 2.27. The first-order valence-corrected chi connectivity index (χ1v) is 9.36. The maximum atomic E-state index is 13.8. The molecule has 2 rings (SSSR count). The topological polar surface area (TPSA) is 84.5 Å². The van der Waals surface area contributed by atoms with Crippen LogP contribution in [0, 0.1) is 11.7 Å². The Bertz CT molecular complexity index is 855. The maximum Gasteiger partial charge on any atom is 0.329 e. The van der Waals surface area contributed by atoms with Gasteiger partial charge in [-0.25, -0.2) is 9.18 Å². The second-order valence-corrected chi connectivity index (χ2v) is 6.98. The van der Waals surface area contributed by atoms with E-state index in [0.29, 0.717) is 0 Å². The van der Waals surface area contributed by atoms with Gasteiger partial charge in [-0.1, -0.05) is 56.3 Å². The molecule has 0 bridgehead atoms. The molecule has 2 aromatic carbocycles. The molecule has 0 aliphatic heterocycles. The van der Waals surface area contributed by atoms with Gasteiger partial charge in [0.25, 0.3) is 11.8 Å². The van der Waals surface area contributed by atoms with Crippen molar-refractivity contribution in [1.82, 2.24) is 10.6 Å². The Hall–Kier alpha value is -3.22. The highest BCUT2D eigenvalue weighted by molar-refractivity contribution is 5.97. The summed E-state index contributed by atoms with van der Waals surface area (Å²) in [6.45, 7) is 4.77. The molecule has 2 N–H and O–H groups in total.